The molecule has 1 rings (SSSR count). The zero-order valence-corrected chi connectivity index (χ0v) is 9.43. The number of nitrogens with two attached hydrogens (primary N) is 1. The quantitative estimate of drug-likeness (QED) is 0.681. The van der Waals surface area contributed by atoms with Crippen molar-refractivity contribution in [2.45, 2.75) is 13.3 Å². The molecule has 0 saturated carbocycles. The lowest BCUT2D eigenvalue weighted by atomic mass is 10.4. The molecule has 0 unspecified atom stereocenters. The highest BCUT2D eigenvalue weighted by atomic mass is 31.1. The molecule has 0 amide bonds. The van der Waals surface area contributed by atoms with E-state index >= 15 is 0 Å². The molecule has 0 radical (unpaired) electrons. The van der Waals surface area contributed by atoms with Gasteiger partial charge in [0.05, 0.1) is 0 Å². The molecule has 3 nitrogen and oxygen atoms in total. The normalized spacial score (nSPS) is 20.8. The number of nitrogens with zero attached hydrogens (tertiary/aromatic N) is 1. The van der Waals surface area contributed by atoms with Crippen molar-refractivity contribution in [3.05, 3.63) is 0 Å². The molecule has 0 bridgehead atoms. The van der Waals surface area contributed by atoms with Crippen LogP contribution in [0.5, 0.6) is 0 Å². The SMILES string of the molecule is CCOP1CCN(CCCN)CC1. The zero-order chi connectivity index (χ0) is 9.52. The average molecular weight is 204 g/mol. The predicted octanol–water partition coefficient (Wildman–Crippen LogP) is 1.08. The summed E-state index contributed by atoms with van der Waals surface area (Å²) in [6.45, 7) is 7.39. The van der Waals surface area contributed by atoms with Crippen LogP contribution >= 0.6 is 8.15 Å². The van der Waals surface area contributed by atoms with E-state index < -0.39 is 0 Å². The first-order valence-electron chi connectivity index (χ1n) is 5.17. The Labute approximate surface area is 82.5 Å². The maximum atomic E-state index is 5.65. The second-order valence-electron chi connectivity index (χ2n) is 3.33. The van der Waals surface area contributed by atoms with Gasteiger partial charge in [0, 0.05) is 40.2 Å². The van der Waals surface area contributed by atoms with Gasteiger partial charge in [-0.2, -0.15) is 0 Å². The standard InChI is InChI=1S/C9H21N2OP/c1-2-12-13-8-6-11(7-9-13)5-3-4-10/h2-10H2,1H3. The molecule has 1 fully saturated rings. The van der Waals surface area contributed by atoms with Crippen molar-refractivity contribution in [2.24, 2.45) is 5.73 Å². The van der Waals surface area contributed by atoms with E-state index in [1.165, 1.54) is 32.0 Å². The van der Waals surface area contributed by atoms with Crippen LogP contribution in [0.4, 0.5) is 0 Å². The second kappa shape index (κ2) is 6.72. The summed E-state index contributed by atoms with van der Waals surface area (Å²) in [7, 11) is -0.0864. The van der Waals surface area contributed by atoms with Gasteiger partial charge in [0.15, 0.2) is 0 Å². The van der Waals surface area contributed by atoms with E-state index in [1.807, 2.05) is 0 Å². The Morgan fingerprint density at radius 2 is 2.08 bits per heavy atom. The Balaban J connectivity index is 2.08. The Morgan fingerprint density at radius 3 is 2.62 bits per heavy atom. The highest BCUT2D eigenvalue weighted by molar-refractivity contribution is 7.52. The van der Waals surface area contributed by atoms with Gasteiger partial charge in [-0.15, -0.1) is 0 Å². The van der Waals surface area contributed by atoms with Gasteiger partial charge in [-0.1, -0.05) is 0 Å². The van der Waals surface area contributed by atoms with Gasteiger partial charge < -0.3 is 15.2 Å². The molecule has 1 heterocycles. The first-order valence-corrected chi connectivity index (χ1v) is 6.80. The third-order valence-corrected chi connectivity index (χ3v) is 4.34. The topological polar surface area (TPSA) is 38.5 Å². The second-order valence-corrected chi connectivity index (χ2v) is 5.45. The van der Waals surface area contributed by atoms with Crippen molar-refractivity contribution in [3.8, 4) is 0 Å². The van der Waals surface area contributed by atoms with Crippen LogP contribution in [0.25, 0.3) is 0 Å². The summed E-state index contributed by atoms with van der Waals surface area (Å²) in [5.74, 6) is 0. The fourth-order valence-corrected chi connectivity index (χ4v) is 3.44. The maximum Gasteiger partial charge on any atom is 0.0480 e. The van der Waals surface area contributed by atoms with Gasteiger partial charge in [0.25, 0.3) is 0 Å². The van der Waals surface area contributed by atoms with E-state index in [-0.39, 0.29) is 8.15 Å². The van der Waals surface area contributed by atoms with E-state index in [2.05, 4.69) is 11.8 Å². The average Bonchev–Trinajstić information content (AvgIpc) is 2.17. The van der Waals surface area contributed by atoms with Gasteiger partial charge >= 0.3 is 0 Å². The molecule has 2 N–H and O–H groups in total. The smallest absolute Gasteiger partial charge is 0.0480 e. The molecule has 1 aliphatic heterocycles. The van der Waals surface area contributed by atoms with Crippen LogP contribution in [0.1, 0.15) is 13.3 Å². The molecule has 0 atom stereocenters. The molecule has 13 heavy (non-hydrogen) atoms. The first kappa shape index (κ1) is 11.4. The highest BCUT2D eigenvalue weighted by Gasteiger charge is 2.18. The molecule has 1 aliphatic rings. The molecule has 0 aliphatic carbocycles. The van der Waals surface area contributed by atoms with Gasteiger partial charge in [-0.05, 0) is 26.4 Å². The van der Waals surface area contributed by atoms with Crippen LogP contribution in [-0.4, -0.2) is 50.0 Å². The minimum Gasteiger partial charge on any atom is -0.359 e. The van der Waals surface area contributed by atoms with Crippen LogP contribution in [-0.2, 0) is 4.52 Å². The van der Waals surface area contributed by atoms with E-state index in [4.69, 9.17) is 10.3 Å². The van der Waals surface area contributed by atoms with Crippen LogP contribution in [0.3, 0.4) is 0 Å². The fraction of sp³-hybridized carbons (Fsp3) is 1.00. The Bertz CT molecular complexity index is 127. The maximum absolute atomic E-state index is 5.65. The summed E-state index contributed by atoms with van der Waals surface area (Å²) in [6.07, 6.45) is 3.65. The van der Waals surface area contributed by atoms with Crippen LogP contribution < -0.4 is 5.73 Å². The molecule has 0 aromatic rings. The molecular formula is C9H21N2OP. The first-order chi connectivity index (χ1) is 6.36. The van der Waals surface area contributed by atoms with Gasteiger partial charge in [-0.3, -0.25) is 0 Å². The molecule has 1 saturated heterocycles. The molecule has 0 aromatic carbocycles. The highest BCUT2D eigenvalue weighted by Crippen LogP contribution is 2.38. The number of hydrogen-bond acceptors (Lipinski definition) is 3. The third-order valence-electron chi connectivity index (χ3n) is 2.32. The Hall–Kier alpha value is 0.310. The van der Waals surface area contributed by atoms with Crippen molar-refractivity contribution in [1.82, 2.24) is 4.90 Å². The lowest BCUT2D eigenvalue weighted by Gasteiger charge is -2.31. The number of rotatable bonds is 5. The van der Waals surface area contributed by atoms with Gasteiger partial charge in [0.2, 0.25) is 0 Å². The summed E-state index contributed by atoms with van der Waals surface area (Å²) >= 11 is 0. The summed E-state index contributed by atoms with van der Waals surface area (Å²) in [6, 6.07) is 0. The van der Waals surface area contributed by atoms with Gasteiger partial charge in [-0.25, -0.2) is 0 Å². The van der Waals surface area contributed by atoms with E-state index in [0.29, 0.717) is 0 Å². The lowest BCUT2D eigenvalue weighted by molar-refractivity contribution is 0.281. The molecule has 0 spiro atoms. The Kier molecular flexibility index (Phi) is 5.88. The third kappa shape index (κ3) is 4.37. The largest absolute Gasteiger partial charge is 0.359 e. The van der Waals surface area contributed by atoms with Crippen molar-refractivity contribution >= 4 is 8.15 Å². The van der Waals surface area contributed by atoms with Crippen molar-refractivity contribution in [2.75, 3.05) is 45.1 Å². The number of hydrogen-bond donors (Lipinski definition) is 1. The lowest BCUT2D eigenvalue weighted by Crippen LogP contribution is -2.35. The zero-order valence-electron chi connectivity index (χ0n) is 8.54. The molecular weight excluding hydrogens is 183 g/mol. The van der Waals surface area contributed by atoms with Crippen molar-refractivity contribution in [3.63, 3.8) is 0 Å². The van der Waals surface area contributed by atoms with E-state index in [9.17, 15) is 0 Å². The van der Waals surface area contributed by atoms with E-state index in [1.54, 1.807) is 0 Å². The molecule has 0 aromatic heterocycles. The minimum atomic E-state index is -0.0864. The fourth-order valence-electron chi connectivity index (χ4n) is 1.58. The molecule has 78 valence electrons. The summed E-state index contributed by atoms with van der Waals surface area (Å²) in [5.41, 5.74) is 5.47. The monoisotopic (exact) mass is 204 g/mol. The summed E-state index contributed by atoms with van der Waals surface area (Å²) in [5, 5.41) is 0. The predicted molar refractivity (Wildman–Crippen MR) is 58.4 cm³/mol. The van der Waals surface area contributed by atoms with Gasteiger partial charge in [0.1, 0.15) is 0 Å². The van der Waals surface area contributed by atoms with E-state index in [0.717, 1.165) is 19.6 Å². The summed E-state index contributed by atoms with van der Waals surface area (Å²) < 4.78 is 5.65. The van der Waals surface area contributed by atoms with Crippen LogP contribution in [0.2, 0.25) is 0 Å². The Morgan fingerprint density at radius 1 is 1.38 bits per heavy atom. The van der Waals surface area contributed by atoms with Crippen molar-refractivity contribution in [1.29, 1.82) is 0 Å². The van der Waals surface area contributed by atoms with Crippen LogP contribution in [0.15, 0.2) is 0 Å². The summed E-state index contributed by atoms with van der Waals surface area (Å²) in [4.78, 5) is 2.50. The molecule has 4 heteroatoms. The minimum absolute atomic E-state index is 0.0864. The van der Waals surface area contributed by atoms with Crippen molar-refractivity contribution < 1.29 is 4.52 Å². The van der Waals surface area contributed by atoms with Crippen LogP contribution in [0, 0.1) is 0 Å².